The van der Waals surface area contributed by atoms with Crippen LogP contribution >= 0.6 is 12.4 Å². The number of anilines is 1. The number of nitrogens with one attached hydrogen (secondary N) is 2. The van der Waals surface area contributed by atoms with Gasteiger partial charge >= 0.3 is 0 Å². The number of aryl methyl sites for hydroxylation is 1. The highest BCUT2D eigenvalue weighted by Crippen LogP contribution is 2.18. The van der Waals surface area contributed by atoms with Crippen molar-refractivity contribution in [3.63, 3.8) is 0 Å². The number of benzene rings is 1. The van der Waals surface area contributed by atoms with Crippen molar-refractivity contribution in [2.45, 2.75) is 19.8 Å². The fourth-order valence-corrected chi connectivity index (χ4v) is 2.72. The third kappa shape index (κ3) is 4.09. The van der Waals surface area contributed by atoms with Gasteiger partial charge in [-0.2, -0.15) is 0 Å². The predicted molar refractivity (Wildman–Crippen MR) is 89.7 cm³/mol. The molecule has 0 aliphatic carbocycles. The van der Waals surface area contributed by atoms with E-state index in [0.29, 0.717) is 11.5 Å². The molecular formula is C16H20ClFN4O. The molecule has 0 bridgehead atoms. The van der Waals surface area contributed by atoms with Gasteiger partial charge in [0, 0.05) is 17.7 Å². The van der Waals surface area contributed by atoms with Crippen LogP contribution < -0.4 is 10.6 Å². The first-order valence-electron chi connectivity index (χ1n) is 7.47. The van der Waals surface area contributed by atoms with Crippen molar-refractivity contribution in [1.29, 1.82) is 0 Å². The van der Waals surface area contributed by atoms with Crippen LogP contribution in [0.25, 0.3) is 5.69 Å². The molecule has 1 aromatic heterocycles. The summed E-state index contributed by atoms with van der Waals surface area (Å²) in [5.41, 5.74) is 1.48. The molecule has 0 radical (unpaired) electrons. The number of carbonyl (C=O) groups is 1. The third-order valence-electron chi connectivity index (χ3n) is 3.90. The molecule has 0 spiro atoms. The van der Waals surface area contributed by atoms with Crippen LogP contribution in [0, 0.1) is 18.7 Å². The molecule has 2 aromatic rings. The van der Waals surface area contributed by atoms with Crippen LogP contribution in [0.1, 0.15) is 18.5 Å². The number of amides is 1. The monoisotopic (exact) mass is 338 g/mol. The van der Waals surface area contributed by atoms with Gasteiger partial charge in [0.2, 0.25) is 5.91 Å². The Hall–Kier alpha value is -1.92. The molecule has 2 N–H and O–H groups in total. The van der Waals surface area contributed by atoms with E-state index in [9.17, 15) is 9.18 Å². The van der Waals surface area contributed by atoms with E-state index in [2.05, 4.69) is 15.7 Å². The van der Waals surface area contributed by atoms with Crippen molar-refractivity contribution in [1.82, 2.24) is 15.1 Å². The number of aromatic nitrogens is 2. The molecule has 2 heterocycles. The summed E-state index contributed by atoms with van der Waals surface area (Å²) in [7, 11) is 0. The summed E-state index contributed by atoms with van der Waals surface area (Å²) in [6.07, 6.45) is 1.69. The number of piperidine rings is 1. The smallest absolute Gasteiger partial charge is 0.228 e. The highest BCUT2D eigenvalue weighted by molar-refractivity contribution is 5.91. The number of hydrogen-bond acceptors (Lipinski definition) is 3. The van der Waals surface area contributed by atoms with Gasteiger partial charge in [-0.25, -0.2) is 9.07 Å². The highest BCUT2D eigenvalue weighted by atomic mass is 35.5. The van der Waals surface area contributed by atoms with Crippen LogP contribution in [0.5, 0.6) is 0 Å². The number of nitrogens with zero attached hydrogens (tertiary/aromatic N) is 2. The van der Waals surface area contributed by atoms with Gasteiger partial charge < -0.3 is 10.6 Å². The van der Waals surface area contributed by atoms with Crippen LogP contribution in [0.2, 0.25) is 0 Å². The first-order valence-corrected chi connectivity index (χ1v) is 7.47. The largest absolute Gasteiger partial charge is 0.317 e. The summed E-state index contributed by atoms with van der Waals surface area (Å²) in [5.74, 6) is 0.226. The van der Waals surface area contributed by atoms with E-state index in [1.807, 2.05) is 6.92 Å². The molecule has 3 rings (SSSR count). The normalized spacial score (nSPS) is 15.0. The minimum atomic E-state index is -0.312. The molecule has 1 fully saturated rings. The van der Waals surface area contributed by atoms with E-state index in [-0.39, 0.29) is 30.0 Å². The Bertz CT molecular complexity index is 682. The average Bonchev–Trinajstić information content (AvgIpc) is 2.88. The predicted octanol–water partition coefficient (Wildman–Crippen LogP) is 2.68. The van der Waals surface area contributed by atoms with Crippen molar-refractivity contribution in [2.75, 3.05) is 18.4 Å². The van der Waals surface area contributed by atoms with Gasteiger partial charge in [0.05, 0.1) is 5.69 Å². The van der Waals surface area contributed by atoms with E-state index >= 15 is 0 Å². The van der Waals surface area contributed by atoms with E-state index in [0.717, 1.165) is 31.6 Å². The molecule has 0 saturated carbocycles. The van der Waals surface area contributed by atoms with Gasteiger partial charge in [0.15, 0.2) is 5.82 Å². The summed E-state index contributed by atoms with van der Waals surface area (Å²) in [5, 5.41) is 10.5. The van der Waals surface area contributed by atoms with Gasteiger partial charge in [-0.05, 0) is 51.1 Å². The lowest BCUT2D eigenvalue weighted by atomic mass is 9.97. The first-order chi connectivity index (χ1) is 10.6. The number of rotatable bonds is 3. The Morgan fingerprint density at radius 1 is 1.35 bits per heavy atom. The summed E-state index contributed by atoms with van der Waals surface area (Å²) >= 11 is 0. The molecule has 1 aromatic carbocycles. The topological polar surface area (TPSA) is 59.0 Å². The summed E-state index contributed by atoms with van der Waals surface area (Å²) in [6, 6.07) is 8.02. The molecule has 0 unspecified atom stereocenters. The standard InChI is InChI=1S/C16H19FN4O.ClH/c1-11-9-15(19-16(22)12-5-7-18-8-6-12)20-21(11)14-4-2-3-13(17)10-14;/h2-4,9-10,12,18H,5-8H2,1H3,(H,19,20,22);1H. The maximum absolute atomic E-state index is 13.3. The maximum Gasteiger partial charge on any atom is 0.228 e. The zero-order chi connectivity index (χ0) is 15.5. The fraction of sp³-hybridized carbons (Fsp3) is 0.375. The minimum Gasteiger partial charge on any atom is -0.317 e. The Morgan fingerprint density at radius 2 is 2.09 bits per heavy atom. The van der Waals surface area contributed by atoms with Crippen LogP contribution in [0.3, 0.4) is 0 Å². The fourth-order valence-electron chi connectivity index (χ4n) is 2.72. The zero-order valence-corrected chi connectivity index (χ0v) is 13.7. The van der Waals surface area contributed by atoms with Gasteiger partial charge in [-0.3, -0.25) is 4.79 Å². The summed E-state index contributed by atoms with van der Waals surface area (Å²) < 4.78 is 15.0. The van der Waals surface area contributed by atoms with Crippen LogP contribution in [-0.4, -0.2) is 28.8 Å². The minimum absolute atomic E-state index is 0. The average molecular weight is 339 g/mol. The molecule has 124 valence electrons. The summed E-state index contributed by atoms with van der Waals surface area (Å²) in [4.78, 5) is 12.2. The van der Waals surface area contributed by atoms with E-state index in [1.165, 1.54) is 12.1 Å². The lowest BCUT2D eigenvalue weighted by Crippen LogP contribution is -2.34. The van der Waals surface area contributed by atoms with Crippen LogP contribution in [0.4, 0.5) is 10.2 Å². The molecule has 1 saturated heterocycles. The second-order valence-electron chi connectivity index (χ2n) is 5.58. The van der Waals surface area contributed by atoms with E-state index in [1.54, 1.807) is 22.9 Å². The lowest BCUT2D eigenvalue weighted by molar-refractivity contribution is -0.120. The SMILES string of the molecule is Cc1cc(NC(=O)C2CCNCC2)nn1-c1cccc(F)c1.Cl. The summed E-state index contributed by atoms with van der Waals surface area (Å²) in [6.45, 7) is 3.61. The Labute approximate surface area is 140 Å². The quantitative estimate of drug-likeness (QED) is 0.904. The zero-order valence-electron chi connectivity index (χ0n) is 12.9. The number of halogens is 2. The van der Waals surface area contributed by atoms with Crippen molar-refractivity contribution in [3.05, 3.63) is 41.8 Å². The van der Waals surface area contributed by atoms with E-state index < -0.39 is 0 Å². The Balaban J connectivity index is 0.00000192. The lowest BCUT2D eigenvalue weighted by Gasteiger charge is -2.21. The van der Waals surface area contributed by atoms with Crippen molar-refractivity contribution < 1.29 is 9.18 Å². The van der Waals surface area contributed by atoms with Crippen LogP contribution in [0.15, 0.2) is 30.3 Å². The molecule has 1 aliphatic heterocycles. The molecule has 1 aliphatic rings. The molecule has 0 atom stereocenters. The maximum atomic E-state index is 13.3. The van der Waals surface area contributed by atoms with Crippen molar-refractivity contribution in [2.24, 2.45) is 5.92 Å². The van der Waals surface area contributed by atoms with Crippen LogP contribution in [-0.2, 0) is 4.79 Å². The van der Waals surface area contributed by atoms with Gasteiger partial charge in [-0.15, -0.1) is 17.5 Å². The Morgan fingerprint density at radius 3 is 2.78 bits per heavy atom. The first kappa shape index (κ1) is 17.4. The third-order valence-corrected chi connectivity index (χ3v) is 3.90. The molecule has 5 nitrogen and oxygen atoms in total. The molecule has 7 heteroatoms. The highest BCUT2D eigenvalue weighted by Gasteiger charge is 2.21. The number of hydrogen-bond donors (Lipinski definition) is 2. The molecule has 1 amide bonds. The number of carbonyl (C=O) groups excluding carboxylic acids is 1. The van der Waals surface area contributed by atoms with Gasteiger partial charge in [-0.1, -0.05) is 6.07 Å². The second kappa shape index (κ2) is 7.57. The molecular weight excluding hydrogens is 319 g/mol. The van der Waals surface area contributed by atoms with Gasteiger partial charge in [0.25, 0.3) is 0 Å². The Kier molecular flexibility index (Phi) is 5.74. The molecule has 23 heavy (non-hydrogen) atoms. The van der Waals surface area contributed by atoms with Crippen molar-refractivity contribution in [3.8, 4) is 5.69 Å². The van der Waals surface area contributed by atoms with Gasteiger partial charge in [0.1, 0.15) is 5.82 Å². The van der Waals surface area contributed by atoms with E-state index in [4.69, 9.17) is 0 Å². The second-order valence-corrected chi connectivity index (χ2v) is 5.58. The van der Waals surface area contributed by atoms with Crippen molar-refractivity contribution >= 4 is 24.1 Å².